The molecule has 4 aromatic heterocycles. The first kappa shape index (κ1) is 32.0. The van der Waals surface area contributed by atoms with Gasteiger partial charge in [-0.05, 0) is 61.4 Å². The molecule has 1 aliphatic rings. The van der Waals surface area contributed by atoms with Crippen molar-refractivity contribution in [3.63, 3.8) is 0 Å². The fourth-order valence-corrected chi connectivity index (χ4v) is 6.17. The molecule has 0 bridgehead atoms. The number of nitrogens with zero attached hydrogens (tertiary/aromatic N) is 6. The number of nitrogens with one attached hydrogen (secondary N) is 2. The maximum Gasteiger partial charge on any atom is 0.328 e. The molecule has 2 aromatic carbocycles. The van der Waals surface area contributed by atoms with Crippen LogP contribution in [-0.2, 0) is 23.7 Å². The molecule has 2 N–H and O–H groups in total. The van der Waals surface area contributed by atoms with Crippen LogP contribution in [0.3, 0.4) is 0 Å². The number of fused-ring (bicyclic) bond motifs is 2. The maximum absolute atomic E-state index is 12.9. The fourth-order valence-electron chi connectivity index (χ4n) is 6.17. The van der Waals surface area contributed by atoms with E-state index in [9.17, 15) is 19.2 Å². The number of rotatable bonds is 6. The van der Waals surface area contributed by atoms with E-state index in [-0.39, 0.29) is 42.1 Å². The second kappa shape index (κ2) is 12.8. The molecule has 1 atom stereocenters. The standard InChI is InChI=1S/C37H32N8O5/c1-21-14-23(34-40-18-25(19-41-34)43(2)24-8-10-29-30(16-24)45(4)37(49)44(29)3)17-39-33(21)36(48)38-13-5-6-22-7-11-31-27(15-22)28(20-50-31)26-9-12-32(46)42-35(26)47/h7-8,10-11,14-20,26H,9,12-13H2,1-4H3,(H,38,48)(H,42,46,47). The second-order valence-corrected chi connectivity index (χ2v) is 12.2. The second-order valence-electron chi connectivity index (χ2n) is 12.2. The summed E-state index contributed by atoms with van der Waals surface area (Å²) in [6.45, 7) is 1.89. The number of hydrogen-bond acceptors (Lipinski definition) is 9. The third kappa shape index (κ3) is 5.87. The number of imidazole rings is 1. The van der Waals surface area contributed by atoms with Gasteiger partial charge in [0.15, 0.2) is 5.82 Å². The first-order valence-electron chi connectivity index (χ1n) is 15.9. The van der Waals surface area contributed by atoms with Gasteiger partial charge in [-0.1, -0.05) is 11.8 Å². The van der Waals surface area contributed by atoms with Gasteiger partial charge in [-0.3, -0.25) is 33.8 Å². The zero-order valence-electron chi connectivity index (χ0n) is 27.8. The van der Waals surface area contributed by atoms with Crippen molar-refractivity contribution in [2.24, 2.45) is 14.1 Å². The Morgan fingerprint density at radius 3 is 2.54 bits per heavy atom. The van der Waals surface area contributed by atoms with E-state index >= 15 is 0 Å². The van der Waals surface area contributed by atoms with Gasteiger partial charge in [-0.25, -0.2) is 14.8 Å². The van der Waals surface area contributed by atoms with Crippen molar-refractivity contribution < 1.29 is 18.8 Å². The van der Waals surface area contributed by atoms with Gasteiger partial charge >= 0.3 is 5.69 Å². The summed E-state index contributed by atoms with van der Waals surface area (Å²) in [4.78, 5) is 64.7. The van der Waals surface area contributed by atoms with E-state index in [1.54, 1.807) is 67.1 Å². The minimum absolute atomic E-state index is 0.0852. The molecule has 13 nitrogen and oxygen atoms in total. The predicted octanol–water partition coefficient (Wildman–Crippen LogP) is 3.85. The molecule has 5 heterocycles. The molecule has 13 heteroatoms. The van der Waals surface area contributed by atoms with Gasteiger partial charge in [-0.2, -0.15) is 0 Å². The quantitative estimate of drug-likeness (QED) is 0.199. The van der Waals surface area contributed by atoms with E-state index in [4.69, 9.17) is 4.42 Å². The Hall–Kier alpha value is -6.55. The molecule has 3 amide bonds. The van der Waals surface area contributed by atoms with Crippen LogP contribution in [0.5, 0.6) is 0 Å². The Morgan fingerprint density at radius 2 is 1.78 bits per heavy atom. The number of hydrogen-bond donors (Lipinski definition) is 2. The summed E-state index contributed by atoms with van der Waals surface area (Å²) in [6.07, 6.45) is 7.25. The number of amides is 3. The molecule has 250 valence electrons. The number of imide groups is 1. The Labute approximate surface area is 286 Å². The zero-order valence-corrected chi connectivity index (χ0v) is 27.8. The molecule has 1 aliphatic heterocycles. The Balaban J connectivity index is 0.994. The molecule has 7 rings (SSSR count). The summed E-state index contributed by atoms with van der Waals surface area (Å²) in [5, 5.41) is 5.94. The molecule has 50 heavy (non-hydrogen) atoms. The summed E-state index contributed by atoms with van der Waals surface area (Å²) in [5.41, 5.74) is 6.86. The Kier molecular flexibility index (Phi) is 8.20. The van der Waals surface area contributed by atoms with Gasteiger partial charge in [0.05, 0.1) is 47.8 Å². The van der Waals surface area contributed by atoms with Gasteiger partial charge < -0.3 is 14.6 Å². The first-order chi connectivity index (χ1) is 24.1. The number of furan rings is 1. The van der Waals surface area contributed by atoms with Crippen molar-refractivity contribution in [2.75, 3.05) is 18.5 Å². The number of piperidine rings is 1. The van der Waals surface area contributed by atoms with Gasteiger partial charge in [-0.15, -0.1) is 0 Å². The van der Waals surface area contributed by atoms with Crippen LogP contribution in [0.15, 0.2) is 76.5 Å². The summed E-state index contributed by atoms with van der Waals surface area (Å²) in [5.74, 6) is 5.05. The highest BCUT2D eigenvalue weighted by atomic mass is 16.3. The molecule has 0 aliphatic carbocycles. The van der Waals surface area contributed by atoms with Crippen LogP contribution in [0.4, 0.5) is 11.4 Å². The van der Waals surface area contributed by atoms with E-state index in [0.29, 0.717) is 34.5 Å². The lowest BCUT2D eigenvalue weighted by Crippen LogP contribution is -2.39. The number of carbonyl (C=O) groups is 3. The van der Waals surface area contributed by atoms with Crippen LogP contribution in [0.2, 0.25) is 0 Å². The lowest BCUT2D eigenvalue weighted by molar-refractivity contribution is -0.134. The monoisotopic (exact) mass is 668 g/mol. The number of carbonyl (C=O) groups excluding carboxylic acids is 3. The average Bonchev–Trinajstić information content (AvgIpc) is 3.63. The maximum atomic E-state index is 12.9. The molecule has 1 unspecified atom stereocenters. The lowest BCUT2D eigenvalue weighted by atomic mass is 9.90. The highest BCUT2D eigenvalue weighted by Gasteiger charge is 2.30. The van der Waals surface area contributed by atoms with Crippen LogP contribution in [0, 0.1) is 18.8 Å². The first-order valence-corrected chi connectivity index (χ1v) is 15.9. The van der Waals surface area contributed by atoms with Crippen molar-refractivity contribution in [2.45, 2.75) is 25.7 Å². The van der Waals surface area contributed by atoms with Crippen molar-refractivity contribution >= 4 is 51.1 Å². The SMILES string of the molecule is Cc1cc(-c2ncc(N(C)c3ccc4c(c3)n(C)c(=O)n4C)cn2)cnc1C(=O)NCC#Cc1ccc2occ(C3CCC(=O)NC3=O)c2c1. The van der Waals surface area contributed by atoms with Crippen LogP contribution >= 0.6 is 0 Å². The topological polar surface area (TPSA) is 157 Å². The Morgan fingerprint density at radius 1 is 1.00 bits per heavy atom. The minimum Gasteiger partial charge on any atom is -0.464 e. The number of anilines is 2. The highest BCUT2D eigenvalue weighted by molar-refractivity contribution is 6.02. The van der Waals surface area contributed by atoms with E-state index in [0.717, 1.165) is 33.4 Å². The summed E-state index contributed by atoms with van der Waals surface area (Å²) < 4.78 is 8.87. The van der Waals surface area contributed by atoms with Crippen LogP contribution in [0.25, 0.3) is 33.4 Å². The normalized spacial score (nSPS) is 14.4. The molecular formula is C37H32N8O5. The number of pyridine rings is 1. The zero-order chi connectivity index (χ0) is 35.1. The largest absolute Gasteiger partial charge is 0.464 e. The van der Waals surface area contributed by atoms with Crippen molar-refractivity contribution in [3.05, 3.63) is 100 Å². The fraction of sp³-hybridized carbons (Fsp3) is 0.216. The molecule has 6 aromatic rings. The van der Waals surface area contributed by atoms with Crippen LogP contribution in [0.1, 0.15) is 45.9 Å². The van der Waals surface area contributed by atoms with Crippen molar-refractivity contribution in [1.82, 2.24) is 34.7 Å². The molecule has 0 spiro atoms. The van der Waals surface area contributed by atoms with Gasteiger partial charge in [0.2, 0.25) is 11.8 Å². The molecule has 0 saturated carbocycles. The molecule has 0 radical (unpaired) electrons. The number of benzene rings is 2. The smallest absolute Gasteiger partial charge is 0.328 e. The number of aromatic nitrogens is 5. The van der Waals surface area contributed by atoms with Crippen molar-refractivity contribution in [1.29, 1.82) is 0 Å². The third-order valence-corrected chi connectivity index (χ3v) is 9.01. The Bertz CT molecular complexity index is 2460. The highest BCUT2D eigenvalue weighted by Crippen LogP contribution is 2.33. The van der Waals surface area contributed by atoms with Crippen molar-refractivity contribution in [3.8, 4) is 23.2 Å². The molecular weight excluding hydrogens is 636 g/mol. The minimum atomic E-state index is -0.466. The van der Waals surface area contributed by atoms with E-state index in [2.05, 4.69) is 37.4 Å². The van der Waals surface area contributed by atoms with Gasteiger partial charge in [0.25, 0.3) is 5.91 Å². The lowest BCUT2D eigenvalue weighted by Gasteiger charge is -2.19. The molecule has 1 fully saturated rings. The average molecular weight is 669 g/mol. The summed E-state index contributed by atoms with van der Waals surface area (Å²) in [7, 11) is 5.41. The molecule has 1 saturated heterocycles. The predicted molar refractivity (Wildman–Crippen MR) is 187 cm³/mol. The summed E-state index contributed by atoms with van der Waals surface area (Å²) in [6, 6.07) is 13.1. The van der Waals surface area contributed by atoms with Gasteiger partial charge in [0.1, 0.15) is 11.3 Å². The van der Waals surface area contributed by atoms with Crippen LogP contribution < -0.4 is 21.2 Å². The van der Waals surface area contributed by atoms with E-state index in [1.165, 1.54) is 0 Å². The summed E-state index contributed by atoms with van der Waals surface area (Å²) >= 11 is 0. The van der Waals surface area contributed by atoms with E-state index in [1.807, 2.05) is 42.3 Å². The van der Waals surface area contributed by atoms with E-state index < -0.39 is 5.92 Å². The number of aryl methyl sites for hydroxylation is 3. The third-order valence-electron chi connectivity index (χ3n) is 9.01. The van der Waals surface area contributed by atoms with Crippen LogP contribution in [-0.4, -0.2) is 55.4 Å². The van der Waals surface area contributed by atoms with Gasteiger partial charge in [0, 0.05) is 61.5 Å².